The molecule has 0 radical (unpaired) electrons. The number of hydrogen-bond acceptors (Lipinski definition) is 4. The van der Waals surface area contributed by atoms with Crippen LogP contribution in [-0.2, 0) is 0 Å². The third-order valence-electron chi connectivity index (χ3n) is 5.23. The smallest absolute Gasteiger partial charge is 0.259 e. The normalized spacial score (nSPS) is 15.5. The maximum Gasteiger partial charge on any atom is 0.259 e. The van der Waals surface area contributed by atoms with Crippen molar-refractivity contribution in [3.8, 4) is 5.75 Å². The summed E-state index contributed by atoms with van der Waals surface area (Å²) in [5, 5.41) is 6.23. The van der Waals surface area contributed by atoms with E-state index in [2.05, 4.69) is 27.7 Å². The van der Waals surface area contributed by atoms with Gasteiger partial charge in [0.1, 0.15) is 5.75 Å². The Bertz CT molecular complexity index is 755. The van der Waals surface area contributed by atoms with Gasteiger partial charge < -0.3 is 20.3 Å². The summed E-state index contributed by atoms with van der Waals surface area (Å²) in [4.78, 5) is 15.1. The van der Waals surface area contributed by atoms with E-state index in [4.69, 9.17) is 4.74 Å². The van der Waals surface area contributed by atoms with Crippen molar-refractivity contribution in [3.05, 3.63) is 59.7 Å². The maximum atomic E-state index is 12.6. The molecule has 1 saturated heterocycles. The van der Waals surface area contributed by atoms with E-state index < -0.39 is 0 Å². The molecule has 0 spiro atoms. The van der Waals surface area contributed by atoms with Crippen LogP contribution in [0.2, 0.25) is 0 Å². The van der Waals surface area contributed by atoms with E-state index in [0.717, 1.165) is 44.7 Å². The van der Waals surface area contributed by atoms with Crippen LogP contribution in [0.5, 0.6) is 5.75 Å². The second kappa shape index (κ2) is 9.53. The standard InChI is InChI=1S/C22H29N3O2/c1-23-12-15-25-13-10-17(11-14-25)18-6-5-7-19(16-18)24-22(26)20-8-3-4-9-21(20)27-2/h3-9,16-17,23H,10-15H2,1-2H3,(H,24,26). The van der Waals surface area contributed by atoms with Crippen LogP contribution in [0.1, 0.15) is 34.7 Å². The summed E-state index contributed by atoms with van der Waals surface area (Å²) in [7, 11) is 3.58. The Balaban J connectivity index is 1.63. The first kappa shape index (κ1) is 19.4. The Morgan fingerprint density at radius 1 is 1.15 bits per heavy atom. The minimum atomic E-state index is -0.147. The first-order valence-electron chi connectivity index (χ1n) is 9.62. The molecule has 3 rings (SSSR count). The Morgan fingerprint density at radius 3 is 2.67 bits per heavy atom. The van der Waals surface area contributed by atoms with Gasteiger partial charge in [0.2, 0.25) is 0 Å². The van der Waals surface area contributed by atoms with Gasteiger partial charge in [0.15, 0.2) is 0 Å². The van der Waals surface area contributed by atoms with Crippen LogP contribution >= 0.6 is 0 Å². The summed E-state index contributed by atoms with van der Waals surface area (Å²) in [6.45, 7) is 4.40. The lowest BCUT2D eigenvalue weighted by Gasteiger charge is -2.32. The van der Waals surface area contributed by atoms with Crippen molar-refractivity contribution in [2.24, 2.45) is 0 Å². The largest absolute Gasteiger partial charge is 0.496 e. The van der Waals surface area contributed by atoms with Crippen LogP contribution in [-0.4, -0.2) is 51.1 Å². The summed E-state index contributed by atoms with van der Waals surface area (Å²) in [6, 6.07) is 15.5. The third kappa shape index (κ3) is 5.08. The van der Waals surface area contributed by atoms with E-state index in [1.807, 2.05) is 31.3 Å². The van der Waals surface area contributed by atoms with Gasteiger partial charge in [-0.05, 0) is 68.7 Å². The Morgan fingerprint density at radius 2 is 1.93 bits per heavy atom. The van der Waals surface area contributed by atoms with Crippen LogP contribution in [0.4, 0.5) is 5.69 Å². The lowest BCUT2D eigenvalue weighted by molar-refractivity contribution is 0.102. The molecule has 0 unspecified atom stereocenters. The summed E-state index contributed by atoms with van der Waals surface area (Å²) >= 11 is 0. The Labute approximate surface area is 161 Å². The van der Waals surface area contributed by atoms with E-state index in [1.165, 1.54) is 5.56 Å². The molecule has 5 heteroatoms. The molecule has 1 amide bonds. The fraction of sp³-hybridized carbons (Fsp3) is 0.409. The number of nitrogens with one attached hydrogen (secondary N) is 2. The quantitative estimate of drug-likeness (QED) is 0.788. The number of likely N-dealkylation sites (N-methyl/N-ethyl adjacent to an activating group) is 1. The van der Waals surface area contributed by atoms with Gasteiger partial charge >= 0.3 is 0 Å². The van der Waals surface area contributed by atoms with Crippen molar-refractivity contribution < 1.29 is 9.53 Å². The number of anilines is 1. The number of likely N-dealkylation sites (tertiary alicyclic amines) is 1. The first-order chi connectivity index (χ1) is 13.2. The minimum absolute atomic E-state index is 0.147. The van der Waals surface area contributed by atoms with Crippen LogP contribution in [0.25, 0.3) is 0 Å². The molecule has 1 heterocycles. The molecule has 0 aromatic heterocycles. The average Bonchev–Trinajstić information content (AvgIpc) is 2.72. The number of hydrogen-bond donors (Lipinski definition) is 2. The summed E-state index contributed by atoms with van der Waals surface area (Å²) < 4.78 is 5.29. The number of nitrogens with zero attached hydrogens (tertiary/aromatic N) is 1. The number of amides is 1. The zero-order valence-electron chi connectivity index (χ0n) is 16.2. The van der Waals surface area contributed by atoms with Crippen molar-refractivity contribution in [2.45, 2.75) is 18.8 Å². The molecule has 2 N–H and O–H groups in total. The SMILES string of the molecule is CNCCN1CCC(c2cccc(NC(=O)c3ccccc3OC)c2)CC1. The van der Waals surface area contributed by atoms with Crippen molar-refractivity contribution in [1.82, 2.24) is 10.2 Å². The van der Waals surface area contributed by atoms with Crippen LogP contribution in [0, 0.1) is 0 Å². The Kier molecular flexibility index (Phi) is 6.85. The molecule has 0 atom stereocenters. The number of benzene rings is 2. The molecule has 144 valence electrons. The highest BCUT2D eigenvalue weighted by molar-refractivity contribution is 6.06. The van der Waals surface area contributed by atoms with E-state index in [1.54, 1.807) is 19.2 Å². The van der Waals surface area contributed by atoms with E-state index in [9.17, 15) is 4.79 Å². The second-order valence-electron chi connectivity index (χ2n) is 7.00. The number of carbonyl (C=O) groups is 1. The van der Waals surface area contributed by atoms with Crippen LogP contribution < -0.4 is 15.4 Å². The average molecular weight is 367 g/mol. The summed E-state index contributed by atoms with van der Waals surface area (Å²) in [5.41, 5.74) is 2.69. The van der Waals surface area contributed by atoms with E-state index >= 15 is 0 Å². The molecule has 2 aromatic carbocycles. The first-order valence-corrected chi connectivity index (χ1v) is 9.62. The van der Waals surface area contributed by atoms with Gasteiger partial charge in [-0.25, -0.2) is 0 Å². The minimum Gasteiger partial charge on any atom is -0.496 e. The van der Waals surface area contributed by atoms with Crippen LogP contribution in [0.15, 0.2) is 48.5 Å². The zero-order chi connectivity index (χ0) is 19.1. The second-order valence-corrected chi connectivity index (χ2v) is 7.00. The molecule has 1 aliphatic heterocycles. The molecular formula is C22H29N3O2. The number of piperidine rings is 1. The lowest BCUT2D eigenvalue weighted by Crippen LogP contribution is -2.37. The van der Waals surface area contributed by atoms with E-state index in [0.29, 0.717) is 17.2 Å². The summed E-state index contributed by atoms with van der Waals surface area (Å²) in [5.74, 6) is 0.991. The van der Waals surface area contributed by atoms with Gasteiger partial charge in [-0.1, -0.05) is 24.3 Å². The molecule has 27 heavy (non-hydrogen) atoms. The van der Waals surface area contributed by atoms with Crippen molar-refractivity contribution >= 4 is 11.6 Å². The molecule has 0 aliphatic carbocycles. The number of ether oxygens (including phenoxy) is 1. The number of carbonyl (C=O) groups excluding carboxylic acids is 1. The predicted molar refractivity (Wildman–Crippen MR) is 110 cm³/mol. The van der Waals surface area contributed by atoms with Crippen LogP contribution in [0.3, 0.4) is 0 Å². The van der Waals surface area contributed by atoms with Gasteiger partial charge in [0.05, 0.1) is 12.7 Å². The van der Waals surface area contributed by atoms with Crippen molar-refractivity contribution in [2.75, 3.05) is 45.7 Å². The van der Waals surface area contributed by atoms with Gasteiger partial charge in [-0.15, -0.1) is 0 Å². The zero-order valence-corrected chi connectivity index (χ0v) is 16.2. The number of para-hydroxylation sites is 1. The van der Waals surface area contributed by atoms with Gasteiger partial charge in [-0.2, -0.15) is 0 Å². The lowest BCUT2D eigenvalue weighted by atomic mass is 9.89. The van der Waals surface area contributed by atoms with Gasteiger partial charge in [0.25, 0.3) is 5.91 Å². The van der Waals surface area contributed by atoms with Gasteiger partial charge in [-0.3, -0.25) is 4.79 Å². The fourth-order valence-corrected chi connectivity index (χ4v) is 3.66. The predicted octanol–water partition coefficient (Wildman–Crippen LogP) is 3.35. The third-order valence-corrected chi connectivity index (χ3v) is 5.23. The van der Waals surface area contributed by atoms with Crippen molar-refractivity contribution in [3.63, 3.8) is 0 Å². The molecule has 5 nitrogen and oxygen atoms in total. The molecule has 1 fully saturated rings. The fourth-order valence-electron chi connectivity index (χ4n) is 3.66. The van der Waals surface area contributed by atoms with Crippen molar-refractivity contribution in [1.29, 1.82) is 0 Å². The topological polar surface area (TPSA) is 53.6 Å². The molecule has 1 aliphatic rings. The Hall–Kier alpha value is -2.37. The molecule has 0 saturated carbocycles. The number of methoxy groups -OCH3 is 1. The monoisotopic (exact) mass is 367 g/mol. The molecule has 2 aromatic rings. The molecular weight excluding hydrogens is 338 g/mol. The maximum absolute atomic E-state index is 12.6. The highest BCUT2D eigenvalue weighted by Gasteiger charge is 2.20. The highest BCUT2D eigenvalue weighted by Crippen LogP contribution is 2.29. The summed E-state index contributed by atoms with van der Waals surface area (Å²) in [6.07, 6.45) is 2.32. The van der Waals surface area contributed by atoms with Gasteiger partial charge in [0, 0.05) is 18.8 Å². The number of rotatable bonds is 7. The molecule has 0 bridgehead atoms. The highest BCUT2D eigenvalue weighted by atomic mass is 16.5. The van der Waals surface area contributed by atoms with E-state index in [-0.39, 0.29) is 5.91 Å².